The summed E-state index contributed by atoms with van der Waals surface area (Å²) in [4.78, 5) is 17.7. The molecule has 0 radical (unpaired) electrons. The molecule has 0 fully saturated rings. The van der Waals surface area contributed by atoms with Gasteiger partial charge in [0.2, 0.25) is 5.75 Å². The molecule has 184 valence electrons. The first-order valence-electron chi connectivity index (χ1n) is 11.5. The van der Waals surface area contributed by atoms with Crippen LogP contribution in [0.15, 0.2) is 69.9 Å². The van der Waals surface area contributed by atoms with E-state index in [0.29, 0.717) is 47.3 Å². The highest BCUT2D eigenvalue weighted by molar-refractivity contribution is 5.90. The van der Waals surface area contributed by atoms with Crippen molar-refractivity contribution in [3.8, 4) is 34.3 Å². The van der Waals surface area contributed by atoms with Crippen LogP contribution in [0.2, 0.25) is 0 Å². The first kappa shape index (κ1) is 23.3. The molecule has 2 heterocycles. The molecule has 0 atom stereocenters. The lowest BCUT2D eigenvalue weighted by atomic mass is 10.1. The summed E-state index contributed by atoms with van der Waals surface area (Å²) in [5.74, 6) is 3.02. The maximum absolute atomic E-state index is 13.1. The van der Waals surface area contributed by atoms with E-state index in [4.69, 9.17) is 23.4 Å². The maximum Gasteiger partial charge on any atom is 0.204 e. The largest absolute Gasteiger partial charge is 0.493 e. The molecule has 0 spiro atoms. The minimum Gasteiger partial charge on any atom is -0.493 e. The van der Waals surface area contributed by atoms with Gasteiger partial charge in [0.1, 0.15) is 34.9 Å². The molecule has 0 saturated heterocycles. The molecule has 0 aliphatic heterocycles. The standard InChI is InChI=1S/C28H26N2O6/c1-17-29-20-10-5-6-11-21(20)30(17)12-13-35-19-9-7-8-18(14-19)23-15-22(31)26-24(36-23)16-25(32-2)27(33-3)28(26)34-4/h5-11,14-16H,12-13H2,1-4H3. The summed E-state index contributed by atoms with van der Waals surface area (Å²) in [5, 5.41) is 0.286. The van der Waals surface area contributed by atoms with Gasteiger partial charge >= 0.3 is 0 Å². The average molecular weight is 487 g/mol. The molecule has 3 aromatic carbocycles. The normalized spacial score (nSPS) is 11.1. The third-order valence-corrected chi connectivity index (χ3v) is 6.07. The Bertz CT molecular complexity index is 1620. The molecule has 0 N–H and O–H groups in total. The second-order valence-corrected chi connectivity index (χ2v) is 8.17. The molecule has 8 heteroatoms. The predicted octanol–water partition coefficient (Wildman–Crippen LogP) is 5.22. The second kappa shape index (κ2) is 9.65. The van der Waals surface area contributed by atoms with Gasteiger partial charge in [-0.05, 0) is 31.2 Å². The van der Waals surface area contributed by atoms with E-state index in [1.165, 1.54) is 27.4 Å². The first-order chi connectivity index (χ1) is 17.5. The van der Waals surface area contributed by atoms with Gasteiger partial charge in [-0.3, -0.25) is 4.79 Å². The van der Waals surface area contributed by atoms with E-state index >= 15 is 0 Å². The lowest BCUT2D eigenvalue weighted by molar-refractivity contribution is 0.299. The minimum absolute atomic E-state index is 0.252. The van der Waals surface area contributed by atoms with Crippen molar-refractivity contribution in [1.82, 2.24) is 9.55 Å². The van der Waals surface area contributed by atoms with Gasteiger partial charge in [-0.1, -0.05) is 24.3 Å². The van der Waals surface area contributed by atoms with Crippen molar-refractivity contribution < 1.29 is 23.4 Å². The molecule has 0 aliphatic carbocycles. The highest BCUT2D eigenvalue weighted by atomic mass is 16.5. The number of benzene rings is 3. The van der Waals surface area contributed by atoms with Gasteiger partial charge in [0, 0.05) is 17.7 Å². The highest BCUT2D eigenvalue weighted by Crippen LogP contribution is 2.42. The maximum atomic E-state index is 13.1. The van der Waals surface area contributed by atoms with Crippen LogP contribution in [0.4, 0.5) is 0 Å². The fraction of sp³-hybridized carbons (Fsp3) is 0.214. The van der Waals surface area contributed by atoms with E-state index in [1.54, 1.807) is 6.07 Å². The summed E-state index contributed by atoms with van der Waals surface area (Å²) in [6, 6.07) is 18.6. The number of nitrogens with zero attached hydrogens (tertiary/aromatic N) is 2. The van der Waals surface area contributed by atoms with Gasteiger partial charge in [0.05, 0.1) is 38.9 Å². The molecule has 0 amide bonds. The van der Waals surface area contributed by atoms with Gasteiger partial charge < -0.3 is 27.9 Å². The van der Waals surface area contributed by atoms with Crippen molar-refractivity contribution in [3.63, 3.8) is 0 Å². The third-order valence-electron chi connectivity index (χ3n) is 6.07. The number of aryl methyl sites for hydroxylation is 1. The Morgan fingerprint density at radius 1 is 0.917 bits per heavy atom. The number of ether oxygens (including phenoxy) is 4. The Kier molecular flexibility index (Phi) is 6.25. The Labute approximate surface area is 207 Å². The van der Waals surface area contributed by atoms with Crippen molar-refractivity contribution in [3.05, 3.63) is 76.7 Å². The topological polar surface area (TPSA) is 85.0 Å². The van der Waals surface area contributed by atoms with Crippen LogP contribution in [0.1, 0.15) is 5.82 Å². The summed E-state index contributed by atoms with van der Waals surface area (Å²) < 4.78 is 30.5. The van der Waals surface area contributed by atoms with Crippen molar-refractivity contribution in [2.24, 2.45) is 0 Å². The van der Waals surface area contributed by atoms with Crippen LogP contribution in [0.25, 0.3) is 33.3 Å². The minimum atomic E-state index is -0.252. The Balaban J connectivity index is 1.43. The monoisotopic (exact) mass is 486 g/mol. The number of hydrogen-bond donors (Lipinski definition) is 0. The number of methoxy groups -OCH3 is 3. The molecule has 5 aromatic rings. The number of hydrogen-bond acceptors (Lipinski definition) is 7. The van der Waals surface area contributed by atoms with Crippen molar-refractivity contribution in [1.29, 1.82) is 0 Å². The summed E-state index contributed by atoms with van der Waals surface area (Å²) in [6.07, 6.45) is 0. The van der Waals surface area contributed by atoms with Crippen LogP contribution in [0.3, 0.4) is 0 Å². The molecule has 0 bridgehead atoms. The van der Waals surface area contributed by atoms with Crippen LogP contribution in [0.5, 0.6) is 23.0 Å². The molecule has 2 aromatic heterocycles. The first-order valence-corrected chi connectivity index (χ1v) is 11.5. The van der Waals surface area contributed by atoms with Gasteiger partial charge in [0.15, 0.2) is 16.9 Å². The van der Waals surface area contributed by atoms with Crippen LogP contribution in [0, 0.1) is 6.92 Å². The Morgan fingerprint density at radius 3 is 2.50 bits per heavy atom. The third kappa shape index (κ3) is 4.11. The Morgan fingerprint density at radius 2 is 1.72 bits per heavy atom. The lowest BCUT2D eigenvalue weighted by Crippen LogP contribution is -2.09. The number of fused-ring (bicyclic) bond motifs is 2. The molecule has 8 nitrogen and oxygen atoms in total. The van der Waals surface area contributed by atoms with Gasteiger partial charge in [-0.2, -0.15) is 0 Å². The van der Waals surface area contributed by atoms with Crippen LogP contribution < -0.4 is 24.4 Å². The van der Waals surface area contributed by atoms with Gasteiger partial charge in [-0.25, -0.2) is 4.98 Å². The molecule has 36 heavy (non-hydrogen) atoms. The lowest BCUT2D eigenvalue weighted by Gasteiger charge is -2.14. The van der Waals surface area contributed by atoms with Crippen LogP contribution >= 0.6 is 0 Å². The van der Waals surface area contributed by atoms with Crippen molar-refractivity contribution in [2.75, 3.05) is 27.9 Å². The summed E-state index contributed by atoms with van der Waals surface area (Å²) in [7, 11) is 4.48. The summed E-state index contributed by atoms with van der Waals surface area (Å²) in [6.45, 7) is 3.10. The van der Waals surface area contributed by atoms with E-state index in [2.05, 4.69) is 15.6 Å². The number of aromatic nitrogens is 2. The van der Waals surface area contributed by atoms with Gasteiger partial charge in [0.25, 0.3) is 0 Å². The quantitative estimate of drug-likeness (QED) is 0.297. The molecule has 0 aliphatic rings. The van der Waals surface area contributed by atoms with E-state index in [9.17, 15) is 4.79 Å². The van der Waals surface area contributed by atoms with Crippen LogP contribution in [-0.4, -0.2) is 37.5 Å². The summed E-state index contributed by atoms with van der Waals surface area (Å²) in [5.41, 5.74) is 2.84. The van der Waals surface area contributed by atoms with E-state index in [0.717, 1.165) is 16.9 Å². The smallest absolute Gasteiger partial charge is 0.204 e. The average Bonchev–Trinajstić information content (AvgIpc) is 3.22. The second-order valence-electron chi connectivity index (χ2n) is 8.17. The molecular weight excluding hydrogens is 460 g/mol. The molecular formula is C28H26N2O6. The van der Waals surface area contributed by atoms with E-state index < -0.39 is 0 Å². The number of imidazole rings is 1. The van der Waals surface area contributed by atoms with Crippen LogP contribution in [-0.2, 0) is 6.54 Å². The zero-order valence-electron chi connectivity index (χ0n) is 20.5. The zero-order chi connectivity index (χ0) is 25.2. The van der Waals surface area contributed by atoms with Gasteiger partial charge in [-0.15, -0.1) is 0 Å². The zero-order valence-corrected chi connectivity index (χ0v) is 20.5. The SMILES string of the molecule is COc1cc2oc(-c3cccc(OCCn4c(C)nc5ccccc54)c3)cc(=O)c2c(OC)c1OC. The van der Waals surface area contributed by atoms with Crippen molar-refractivity contribution in [2.45, 2.75) is 13.5 Å². The molecule has 5 rings (SSSR count). The Hall–Kier alpha value is -4.46. The van der Waals surface area contributed by atoms with E-state index in [1.807, 2.05) is 49.4 Å². The molecule has 0 unspecified atom stereocenters. The number of para-hydroxylation sites is 2. The predicted molar refractivity (Wildman–Crippen MR) is 138 cm³/mol. The highest BCUT2D eigenvalue weighted by Gasteiger charge is 2.21. The summed E-state index contributed by atoms with van der Waals surface area (Å²) >= 11 is 0. The fourth-order valence-corrected chi connectivity index (χ4v) is 4.40. The van der Waals surface area contributed by atoms with Crippen molar-refractivity contribution >= 4 is 22.0 Å². The molecule has 0 saturated carbocycles. The van der Waals surface area contributed by atoms with E-state index in [-0.39, 0.29) is 16.6 Å². The number of rotatable bonds is 8. The fourth-order valence-electron chi connectivity index (χ4n) is 4.40.